The van der Waals surface area contributed by atoms with Crippen molar-refractivity contribution >= 4 is 35.0 Å². The minimum Gasteiger partial charge on any atom is -0.486 e. The van der Waals surface area contributed by atoms with Gasteiger partial charge in [0.05, 0.1) is 11.7 Å². The third-order valence-corrected chi connectivity index (χ3v) is 5.67. The Morgan fingerprint density at radius 2 is 2.10 bits per heavy atom. The molecule has 0 saturated heterocycles. The Hall–Kier alpha value is -3.00. The van der Waals surface area contributed by atoms with E-state index in [1.807, 2.05) is 19.9 Å². The summed E-state index contributed by atoms with van der Waals surface area (Å²) in [6, 6.07) is 7.18. The number of halogens is 2. The molecule has 0 radical (unpaired) electrons. The van der Waals surface area contributed by atoms with Crippen molar-refractivity contribution in [3.05, 3.63) is 52.3 Å². The predicted molar refractivity (Wildman–Crippen MR) is 113 cm³/mol. The van der Waals surface area contributed by atoms with E-state index < -0.39 is 23.5 Å². The maximum Gasteiger partial charge on any atom is 0.321 e. The highest BCUT2D eigenvalue weighted by atomic mass is 35.5. The fraction of sp³-hybridized carbons (Fsp3) is 0.333. The molecule has 30 heavy (non-hydrogen) atoms. The summed E-state index contributed by atoms with van der Waals surface area (Å²) >= 11 is 6.11. The van der Waals surface area contributed by atoms with Crippen molar-refractivity contribution in [1.82, 2.24) is 10.6 Å². The molecule has 4 rings (SSSR count). The van der Waals surface area contributed by atoms with E-state index in [9.17, 15) is 14.0 Å². The molecule has 2 aromatic rings. The van der Waals surface area contributed by atoms with Crippen LogP contribution in [0.4, 0.5) is 25.4 Å². The van der Waals surface area contributed by atoms with Gasteiger partial charge in [-0.05, 0) is 32.0 Å². The SMILES string of the molecule is CN1C(=O)NCc2c(NC(=O)N[C@@H]3CC(C)(C)Oc4c3ccc(F)c4Cl)cccc21. The number of nitrogens with one attached hydrogen (secondary N) is 3. The molecule has 1 atom stereocenters. The van der Waals surface area contributed by atoms with Crippen molar-refractivity contribution in [2.24, 2.45) is 0 Å². The first-order valence-corrected chi connectivity index (χ1v) is 9.92. The lowest BCUT2D eigenvalue weighted by molar-refractivity contribution is 0.0679. The number of rotatable bonds is 2. The van der Waals surface area contributed by atoms with Gasteiger partial charge in [-0.3, -0.25) is 4.90 Å². The highest BCUT2D eigenvalue weighted by Crippen LogP contribution is 2.44. The second kappa shape index (κ2) is 7.36. The minimum absolute atomic E-state index is 0.0941. The predicted octanol–water partition coefficient (Wildman–Crippen LogP) is 4.56. The van der Waals surface area contributed by atoms with Crippen LogP contribution in [0, 0.1) is 5.82 Å². The average molecular weight is 433 g/mol. The standard InChI is InChI=1S/C21H22ClFN4O3/c1-21(2)9-15(11-7-8-13(23)17(22)18(11)30-21)26-19(28)25-14-5-4-6-16-12(14)10-24-20(29)27(16)3/h4-8,15H,9-10H2,1-3H3,(H,24,29)(H2,25,26,28)/t15-/m1/s1. The largest absolute Gasteiger partial charge is 0.486 e. The van der Waals surface area contributed by atoms with E-state index in [2.05, 4.69) is 16.0 Å². The summed E-state index contributed by atoms with van der Waals surface area (Å²) in [7, 11) is 1.67. The Kier molecular flexibility index (Phi) is 4.97. The summed E-state index contributed by atoms with van der Waals surface area (Å²) in [5.41, 5.74) is 2.13. The molecule has 7 nitrogen and oxygen atoms in total. The fourth-order valence-corrected chi connectivity index (χ4v) is 4.08. The van der Waals surface area contributed by atoms with Crippen molar-refractivity contribution in [3.63, 3.8) is 0 Å². The van der Waals surface area contributed by atoms with E-state index in [1.165, 1.54) is 11.0 Å². The number of carbonyl (C=O) groups is 2. The minimum atomic E-state index is -0.638. The van der Waals surface area contributed by atoms with Gasteiger partial charge in [0.2, 0.25) is 0 Å². The third kappa shape index (κ3) is 3.63. The van der Waals surface area contributed by atoms with Crippen molar-refractivity contribution in [2.75, 3.05) is 17.3 Å². The molecule has 0 bridgehead atoms. The summed E-state index contributed by atoms with van der Waals surface area (Å²) in [5.74, 6) is -0.321. The number of ether oxygens (including phenoxy) is 1. The number of hydrogen-bond acceptors (Lipinski definition) is 3. The van der Waals surface area contributed by atoms with Crippen LogP contribution >= 0.6 is 11.6 Å². The Morgan fingerprint density at radius 1 is 1.33 bits per heavy atom. The van der Waals surface area contributed by atoms with E-state index in [0.717, 1.165) is 11.3 Å². The quantitative estimate of drug-likeness (QED) is 0.650. The molecule has 158 valence electrons. The molecule has 2 aromatic carbocycles. The maximum atomic E-state index is 13.9. The monoisotopic (exact) mass is 432 g/mol. The summed E-state index contributed by atoms with van der Waals surface area (Å²) in [6.45, 7) is 4.03. The van der Waals surface area contributed by atoms with E-state index in [-0.39, 0.29) is 16.8 Å². The van der Waals surface area contributed by atoms with Crippen molar-refractivity contribution < 1.29 is 18.7 Å². The summed E-state index contributed by atoms with van der Waals surface area (Å²) < 4.78 is 19.8. The number of amides is 4. The van der Waals surface area contributed by atoms with Gasteiger partial charge in [-0.1, -0.05) is 23.7 Å². The van der Waals surface area contributed by atoms with E-state index >= 15 is 0 Å². The number of anilines is 2. The lowest BCUT2D eigenvalue weighted by Crippen LogP contribution is -2.43. The van der Waals surface area contributed by atoms with E-state index in [0.29, 0.717) is 24.2 Å². The summed E-state index contributed by atoms with van der Waals surface area (Å²) in [6.07, 6.45) is 0.487. The molecule has 4 amide bonds. The fourth-order valence-electron chi connectivity index (χ4n) is 3.87. The molecule has 0 aromatic heterocycles. The molecule has 3 N–H and O–H groups in total. The van der Waals surface area contributed by atoms with Crippen LogP contribution in [0.25, 0.3) is 0 Å². The maximum absolute atomic E-state index is 13.9. The normalized spacial score (nSPS) is 19.2. The van der Waals surface area contributed by atoms with Gasteiger partial charge in [-0.25, -0.2) is 14.0 Å². The Morgan fingerprint density at radius 3 is 2.87 bits per heavy atom. The summed E-state index contributed by atoms with van der Waals surface area (Å²) in [4.78, 5) is 26.2. The molecule has 2 aliphatic rings. The zero-order chi connectivity index (χ0) is 21.6. The number of carbonyl (C=O) groups excluding carboxylic acids is 2. The highest BCUT2D eigenvalue weighted by Gasteiger charge is 2.36. The molecule has 2 heterocycles. The van der Waals surface area contributed by atoms with Crippen molar-refractivity contribution in [2.45, 2.75) is 38.5 Å². The molecule has 0 fully saturated rings. The van der Waals surface area contributed by atoms with Gasteiger partial charge in [0.25, 0.3) is 0 Å². The molecule has 0 unspecified atom stereocenters. The first-order valence-electron chi connectivity index (χ1n) is 9.54. The highest BCUT2D eigenvalue weighted by molar-refractivity contribution is 6.32. The Labute approximate surface area is 178 Å². The smallest absolute Gasteiger partial charge is 0.321 e. The number of nitrogens with zero attached hydrogens (tertiary/aromatic N) is 1. The van der Waals surface area contributed by atoms with Crippen LogP contribution in [-0.2, 0) is 6.54 Å². The van der Waals surface area contributed by atoms with Crippen LogP contribution in [0.3, 0.4) is 0 Å². The topological polar surface area (TPSA) is 82.7 Å². The van der Waals surface area contributed by atoms with Gasteiger partial charge >= 0.3 is 12.1 Å². The number of hydrogen-bond donors (Lipinski definition) is 3. The van der Waals surface area contributed by atoms with Crippen molar-refractivity contribution in [3.8, 4) is 5.75 Å². The average Bonchev–Trinajstić information content (AvgIpc) is 2.67. The van der Waals surface area contributed by atoms with Crippen LogP contribution in [-0.4, -0.2) is 24.7 Å². The first kappa shape index (κ1) is 20.3. The van der Waals surface area contributed by atoms with Crippen LogP contribution in [0.5, 0.6) is 5.75 Å². The van der Waals surface area contributed by atoms with E-state index in [1.54, 1.807) is 25.2 Å². The molecule has 0 saturated carbocycles. The van der Waals surface area contributed by atoms with Gasteiger partial charge < -0.3 is 20.7 Å². The first-order chi connectivity index (χ1) is 14.2. The van der Waals surface area contributed by atoms with Crippen LogP contribution < -0.4 is 25.6 Å². The second-order valence-electron chi connectivity index (χ2n) is 8.02. The van der Waals surface area contributed by atoms with Gasteiger partial charge in [0.1, 0.15) is 22.2 Å². The molecular formula is C21H22ClFN4O3. The van der Waals surface area contributed by atoms with Gasteiger partial charge in [-0.2, -0.15) is 0 Å². The number of benzene rings is 2. The van der Waals surface area contributed by atoms with Gasteiger partial charge in [-0.15, -0.1) is 0 Å². The second-order valence-corrected chi connectivity index (χ2v) is 8.40. The molecular weight excluding hydrogens is 411 g/mol. The molecule has 0 spiro atoms. The van der Waals surface area contributed by atoms with Gasteiger partial charge in [0, 0.05) is 36.8 Å². The van der Waals surface area contributed by atoms with Crippen LogP contribution in [0.15, 0.2) is 30.3 Å². The van der Waals surface area contributed by atoms with E-state index in [4.69, 9.17) is 16.3 Å². The molecule has 2 aliphatic heterocycles. The number of fused-ring (bicyclic) bond motifs is 2. The Bertz CT molecular complexity index is 1040. The number of urea groups is 2. The zero-order valence-electron chi connectivity index (χ0n) is 16.8. The van der Waals surface area contributed by atoms with Crippen LogP contribution in [0.2, 0.25) is 5.02 Å². The lowest BCUT2D eigenvalue weighted by Gasteiger charge is -2.38. The van der Waals surface area contributed by atoms with Crippen LogP contribution in [0.1, 0.15) is 37.4 Å². The lowest BCUT2D eigenvalue weighted by atomic mass is 9.89. The third-order valence-electron chi connectivity index (χ3n) is 5.32. The zero-order valence-corrected chi connectivity index (χ0v) is 17.6. The van der Waals surface area contributed by atoms with Crippen molar-refractivity contribution in [1.29, 1.82) is 0 Å². The molecule has 9 heteroatoms. The molecule has 0 aliphatic carbocycles. The Balaban J connectivity index is 1.58. The summed E-state index contributed by atoms with van der Waals surface area (Å²) in [5, 5.41) is 8.47. The van der Waals surface area contributed by atoms with Gasteiger partial charge in [0.15, 0.2) is 0 Å².